The second kappa shape index (κ2) is 8.42. The fraction of sp³-hybridized carbons (Fsp3) is 0.304. The maximum Gasteiger partial charge on any atom is 0.124 e. The van der Waals surface area contributed by atoms with Crippen LogP contribution < -0.4 is 10.1 Å². The van der Waals surface area contributed by atoms with E-state index in [1.165, 1.54) is 21.9 Å². The van der Waals surface area contributed by atoms with Crippen molar-refractivity contribution >= 4 is 26.7 Å². The molecule has 3 aromatic rings. The van der Waals surface area contributed by atoms with E-state index in [0.717, 1.165) is 42.8 Å². The normalized spacial score (nSPS) is 16.8. The number of rotatable bonds is 4. The number of ether oxygens (including phenoxy) is 1. The molecule has 4 heteroatoms. The molecule has 0 spiro atoms. The van der Waals surface area contributed by atoms with Gasteiger partial charge in [0.1, 0.15) is 5.75 Å². The van der Waals surface area contributed by atoms with Crippen LogP contribution >= 0.6 is 15.9 Å². The SMILES string of the molecule is COc1ccc(Br)cc1C(c1cccc2ccccc12)N1CCCNCC1. The van der Waals surface area contributed by atoms with Gasteiger partial charge in [0.15, 0.2) is 0 Å². The van der Waals surface area contributed by atoms with Crippen LogP contribution in [0.15, 0.2) is 65.1 Å². The van der Waals surface area contributed by atoms with Gasteiger partial charge < -0.3 is 10.1 Å². The molecule has 0 aliphatic carbocycles. The molecule has 3 aromatic carbocycles. The quantitative estimate of drug-likeness (QED) is 0.637. The van der Waals surface area contributed by atoms with Crippen LogP contribution in [0.3, 0.4) is 0 Å². The highest BCUT2D eigenvalue weighted by Crippen LogP contribution is 2.39. The summed E-state index contributed by atoms with van der Waals surface area (Å²) in [5, 5.41) is 6.12. The monoisotopic (exact) mass is 424 g/mol. The molecule has 140 valence electrons. The van der Waals surface area contributed by atoms with E-state index in [1.54, 1.807) is 7.11 Å². The third-order valence-electron chi connectivity index (χ3n) is 5.34. The number of hydrogen-bond donors (Lipinski definition) is 1. The maximum atomic E-state index is 5.77. The Hall–Kier alpha value is -1.88. The molecule has 1 aliphatic heterocycles. The standard InChI is InChI=1S/C23H25BrN2O/c1-27-22-11-10-18(24)16-21(22)23(26-14-5-12-25-13-15-26)20-9-4-7-17-6-2-3-8-19(17)20/h2-4,6-11,16,23,25H,5,12-15H2,1H3. The van der Waals surface area contributed by atoms with Crippen molar-refractivity contribution in [1.29, 1.82) is 0 Å². The minimum atomic E-state index is 0.156. The van der Waals surface area contributed by atoms with Crippen molar-refractivity contribution < 1.29 is 4.74 Å². The lowest BCUT2D eigenvalue weighted by Crippen LogP contribution is -2.33. The van der Waals surface area contributed by atoms with Crippen molar-refractivity contribution in [2.45, 2.75) is 12.5 Å². The molecule has 0 bridgehead atoms. The van der Waals surface area contributed by atoms with E-state index in [-0.39, 0.29) is 6.04 Å². The predicted octanol–water partition coefficient (Wildman–Crippen LogP) is 5.00. The Labute approximate surface area is 169 Å². The number of nitrogens with one attached hydrogen (secondary N) is 1. The number of benzene rings is 3. The van der Waals surface area contributed by atoms with E-state index in [1.807, 2.05) is 6.07 Å². The van der Waals surface area contributed by atoms with Gasteiger partial charge in [-0.2, -0.15) is 0 Å². The summed E-state index contributed by atoms with van der Waals surface area (Å²) in [6.07, 6.45) is 1.15. The van der Waals surface area contributed by atoms with Crippen LogP contribution in [0.5, 0.6) is 5.75 Å². The summed E-state index contributed by atoms with van der Waals surface area (Å²) < 4.78 is 6.85. The summed E-state index contributed by atoms with van der Waals surface area (Å²) in [5.74, 6) is 0.938. The van der Waals surface area contributed by atoms with E-state index in [2.05, 4.69) is 80.7 Å². The summed E-state index contributed by atoms with van der Waals surface area (Å²) in [5.41, 5.74) is 2.55. The van der Waals surface area contributed by atoms with Gasteiger partial charge in [-0.3, -0.25) is 4.90 Å². The molecule has 1 fully saturated rings. The largest absolute Gasteiger partial charge is 0.496 e. The average molecular weight is 425 g/mol. The smallest absolute Gasteiger partial charge is 0.124 e. The number of nitrogens with zero attached hydrogens (tertiary/aromatic N) is 1. The highest BCUT2D eigenvalue weighted by atomic mass is 79.9. The lowest BCUT2D eigenvalue weighted by Gasteiger charge is -2.33. The Morgan fingerprint density at radius 2 is 1.81 bits per heavy atom. The Balaban J connectivity index is 1.92. The number of methoxy groups -OCH3 is 1. The molecule has 0 amide bonds. The van der Waals surface area contributed by atoms with Crippen molar-refractivity contribution in [2.24, 2.45) is 0 Å². The molecule has 0 radical (unpaired) electrons. The third kappa shape index (κ3) is 3.88. The van der Waals surface area contributed by atoms with E-state index < -0.39 is 0 Å². The highest BCUT2D eigenvalue weighted by Gasteiger charge is 2.27. The Morgan fingerprint density at radius 1 is 0.963 bits per heavy atom. The maximum absolute atomic E-state index is 5.77. The molecular formula is C23H25BrN2O. The lowest BCUT2D eigenvalue weighted by atomic mass is 9.91. The van der Waals surface area contributed by atoms with Gasteiger partial charge >= 0.3 is 0 Å². The summed E-state index contributed by atoms with van der Waals surface area (Å²) in [7, 11) is 1.76. The van der Waals surface area contributed by atoms with Crippen molar-refractivity contribution in [2.75, 3.05) is 33.3 Å². The van der Waals surface area contributed by atoms with E-state index in [9.17, 15) is 0 Å². The molecule has 1 saturated heterocycles. The molecule has 27 heavy (non-hydrogen) atoms. The Bertz CT molecular complexity index is 914. The van der Waals surface area contributed by atoms with Crippen LogP contribution in [0.2, 0.25) is 0 Å². The van der Waals surface area contributed by atoms with Crippen molar-refractivity contribution in [3.8, 4) is 5.75 Å². The molecule has 0 saturated carbocycles. The zero-order chi connectivity index (χ0) is 18.6. The molecule has 1 aliphatic rings. The van der Waals surface area contributed by atoms with Crippen LogP contribution in [-0.2, 0) is 0 Å². The Morgan fingerprint density at radius 3 is 2.70 bits per heavy atom. The number of fused-ring (bicyclic) bond motifs is 1. The van der Waals surface area contributed by atoms with Crippen LogP contribution in [0.25, 0.3) is 10.8 Å². The fourth-order valence-electron chi connectivity index (χ4n) is 4.09. The molecular weight excluding hydrogens is 400 g/mol. The minimum absolute atomic E-state index is 0.156. The highest BCUT2D eigenvalue weighted by molar-refractivity contribution is 9.10. The first-order valence-electron chi connectivity index (χ1n) is 9.54. The average Bonchev–Trinajstić information content (AvgIpc) is 2.98. The predicted molar refractivity (Wildman–Crippen MR) is 116 cm³/mol. The van der Waals surface area contributed by atoms with Gasteiger partial charge in [0.05, 0.1) is 13.2 Å². The van der Waals surface area contributed by atoms with Crippen molar-refractivity contribution in [3.63, 3.8) is 0 Å². The summed E-state index contributed by atoms with van der Waals surface area (Å²) >= 11 is 3.67. The summed E-state index contributed by atoms with van der Waals surface area (Å²) in [6, 6.07) is 21.8. The van der Waals surface area contributed by atoms with Crippen LogP contribution in [-0.4, -0.2) is 38.2 Å². The van der Waals surface area contributed by atoms with E-state index in [0.29, 0.717) is 0 Å². The van der Waals surface area contributed by atoms with Gasteiger partial charge in [-0.15, -0.1) is 0 Å². The van der Waals surface area contributed by atoms with Gasteiger partial charge in [-0.1, -0.05) is 58.4 Å². The molecule has 1 atom stereocenters. The number of halogens is 1. The molecule has 0 aromatic heterocycles. The van der Waals surface area contributed by atoms with Crippen molar-refractivity contribution in [3.05, 3.63) is 76.3 Å². The van der Waals surface area contributed by atoms with Crippen LogP contribution in [0.1, 0.15) is 23.6 Å². The molecule has 1 N–H and O–H groups in total. The minimum Gasteiger partial charge on any atom is -0.496 e. The van der Waals surface area contributed by atoms with Crippen LogP contribution in [0, 0.1) is 0 Å². The zero-order valence-electron chi connectivity index (χ0n) is 15.6. The van der Waals surface area contributed by atoms with Crippen LogP contribution in [0.4, 0.5) is 0 Å². The lowest BCUT2D eigenvalue weighted by molar-refractivity contribution is 0.237. The molecule has 3 nitrogen and oxygen atoms in total. The van der Waals surface area contributed by atoms with Gasteiger partial charge in [0, 0.05) is 29.7 Å². The number of hydrogen-bond acceptors (Lipinski definition) is 3. The first-order valence-corrected chi connectivity index (χ1v) is 10.3. The van der Waals surface area contributed by atoms with Crippen molar-refractivity contribution in [1.82, 2.24) is 10.2 Å². The summed E-state index contributed by atoms with van der Waals surface area (Å²) in [4.78, 5) is 2.59. The first kappa shape index (κ1) is 18.5. The zero-order valence-corrected chi connectivity index (χ0v) is 17.2. The Kier molecular flexibility index (Phi) is 5.77. The van der Waals surface area contributed by atoms with Gasteiger partial charge in [-0.05, 0) is 47.5 Å². The van der Waals surface area contributed by atoms with E-state index in [4.69, 9.17) is 4.74 Å². The van der Waals surface area contributed by atoms with E-state index >= 15 is 0 Å². The topological polar surface area (TPSA) is 24.5 Å². The second-order valence-electron chi connectivity index (χ2n) is 7.00. The van der Waals surface area contributed by atoms with Gasteiger partial charge in [0.25, 0.3) is 0 Å². The first-order chi connectivity index (χ1) is 13.3. The molecule has 1 unspecified atom stereocenters. The van der Waals surface area contributed by atoms with Gasteiger partial charge in [0.2, 0.25) is 0 Å². The fourth-order valence-corrected chi connectivity index (χ4v) is 4.47. The summed E-state index contributed by atoms with van der Waals surface area (Å²) in [6.45, 7) is 4.17. The third-order valence-corrected chi connectivity index (χ3v) is 5.84. The second-order valence-corrected chi connectivity index (χ2v) is 7.91. The van der Waals surface area contributed by atoms with Gasteiger partial charge in [-0.25, -0.2) is 0 Å². The molecule has 1 heterocycles. The molecule has 4 rings (SSSR count).